The second-order valence-electron chi connectivity index (χ2n) is 6.15. The summed E-state index contributed by atoms with van der Waals surface area (Å²) in [6, 6.07) is 0.191. The molecule has 0 aromatic heterocycles. The molecule has 0 aromatic rings. The number of carbonyl (C=O) groups is 2. The first kappa shape index (κ1) is 16.2. The minimum atomic E-state index is -0.753. The number of carbonyl (C=O) groups excluding carboxylic acids is 2. The van der Waals surface area contributed by atoms with E-state index in [2.05, 4.69) is 5.32 Å². The zero-order valence-electron chi connectivity index (χ0n) is 12.9. The Morgan fingerprint density at radius 2 is 1.90 bits per heavy atom. The Morgan fingerprint density at radius 1 is 1.29 bits per heavy atom. The van der Waals surface area contributed by atoms with Crippen molar-refractivity contribution in [2.45, 2.75) is 57.0 Å². The summed E-state index contributed by atoms with van der Waals surface area (Å²) in [5.74, 6) is 0.158. The van der Waals surface area contributed by atoms with E-state index in [9.17, 15) is 9.59 Å². The Morgan fingerprint density at radius 3 is 2.48 bits per heavy atom. The summed E-state index contributed by atoms with van der Waals surface area (Å²) in [6.45, 7) is 4.47. The Hall–Kier alpha value is -1.14. The lowest BCUT2D eigenvalue weighted by molar-refractivity contribution is -0.141. The summed E-state index contributed by atoms with van der Waals surface area (Å²) in [5, 5.41) is 3.04. The van der Waals surface area contributed by atoms with Crippen LogP contribution in [0.2, 0.25) is 0 Å². The molecule has 6 heteroatoms. The number of nitrogens with zero attached hydrogens (tertiary/aromatic N) is 1. The fourth-order valence-electron chi connectivity index (χ4n) is 3.02. The summed E-state index contributed by atoms with van der Waals surface area (Å²) in [6.07, 6.45) is 4.26. The van der Waals surface area contributed by atoms with Gasteiger partial charge in [-0.05, 0) is 32.1 Å². The fraction of sp³-hybridized carbons (Fsp3) is 0.867. The highest BCUT2D eigenvalue weighted by Crippen LogP contribution is 2.22. The smallest absolute Gasteiger partial charge is 0.242 e. The van der Waals surface area contributed by atoms with Gasteiger partial charge in [0.25, 0.3) is 0 Å². The van der Waals surface area contributed by atoms with E-state index in [-0.39, 0.29) is 17.9 Å². The van der Waals surface area contributed by atoms with Crippen LogP contribution in [0.3, 0.4) is 0 Å². The van der Waals surface area contributed by atoms with Gasteiger partial charge in [0.15, 0.2) is 0 Å². The molecule has 0 aromatic carbocycles. The topological polar surface area (TPSA) is 84.7 Å². The molecule has 0 bridgehead atoms. The van der Waals surface area contributed by atoms with Crippen LogP contribution in [-0.2, 0) is 14.3 Å². The number of ether oxygens (including phenoxy) is 1. The zero-order chi connectivity index (χ0) is 15.3. The van der Waals surface area contributed by atoms with Gasteiger partial charge in [-0.15, -0.1) is 0 Å². The minimum absolute atomic E-state index is 0.0455. The third-order valence-electron chi connectivity index (χ3n) is 4.44. The van der Waals surface area contributed by atoms with E-state index >= 15 is 0 Å². The van der Waals surface area contributed by atoms with Gasteiger partial charge in [0, 0.05) is 38.8 Å². The average molecular weight is 297 g/mol. The van der Waals surface area contributed by atoms with Crippen LogP contribution in [0.25, 0.3) is 0 Å². The zero-order valence-corrected chi connectivity index (χ0v) is 12.9. The van der Waals surface area contributed by atoms with Crippen LogP contribution in [0, 0.1) is 0 Å². The van der Waals surface area contributed by atoms with Crippen molar-refractivity contribution in [2.24, 2.45) is 5.73 Å². The van der Waals surface area contributed by atoms with Gasteiger partial charge >= 0.3 is 0 Å². The molecule has 3 N–H and O–H groups in total. The lowest BCUT2D eigenvalue weighted by Crippen LogP contribution is -2.60. The number of nitrogens with two attached hydrogens (primary N) is 1. The van der Waals surface area contributed by atoms with Crippen LogP contribution < -0.4 is 11.1 Å². The Bertz CT molecular complexity index is 372. The molecule has 2 heterocycles. The predicted molar refractivity (Wildman–Crippen MR) is 79.6 cm³/mol. The number of rotatable bonds is 4. The molecular weight excluding hydrogens is 270 g/mol. The van der Waals surface area contributed by atoms with E-state index in [0.29, 0.717) is 45.6 Å². The van der Waals surface area contributed by atoms with Crippen LogP contribution in [0.15, 0.2) is 0 Å². The Kier molecular flexibility index (Phi) is 5.58. The second-order valence-corrected chi connectivity index (χ2v) is 6.15. The number of likely N-dealkylation sites (tertiary alicyclic amines) is 1. The highest BCUT2D eigenvalue weighted by Gasteiger charge is 2.39. The highest BCUT2D eigenvalue weighted by molar-refractivity contribution is 5.86. The summed E-state index contributed by atoms with van der Waals surface area (Å²) >= 11 is 0. The highest BCUT2D eigenvalue weighted by atomic mass is 16.5. The molecule has 21 heavy (non-hydrogen) atoms. The van der Waals surface area contributed by atoms with E-state index < -0.39 is 5.54 Å². The molecule has 0 saturated carbocycles. The summed E-state index contributed by atoms with van der Waals surface area (Å²) in [5.41, 5.74) is 5.49. The van der Waals surface area contributed by atoms with Crippen molar-refractivity contribution in [3.63, 3.8) is 0 Å². The number of piperidine rings is 1. The van der Waals surface area contributed by atoms with E-state index in [1.54, 1.807) is 0 Å². The van der Waals surface area contributed by atoms with Gasteiger partial charge in [-0.2, -0.15) is 0 Å². The Balaban J connectivity index is 1.80. The predicted octanol–water partition coefficient (Wildman–Crippen LogP) is 0.402. The molecule has 2 aliphatic rings. The molecular formula is C15H27N3O3. The lowest BCUT2D eigenvalue weighted by atomic mass is 9.88. The van der Waals surface area contributed by atoms with Crippen molar-refractivity contribution >= 4 is 11.8 Å². The molecule has 2 aliphatic heterocycles. The van der Waals surface area contributed by atoms with Gasteiger partial charge in [0.05, 0.1) is 5.54 Å². The van der Waals surface area contributed by atoms with E-state index in [0.717, 1.165) is 19.3 Å². The standard InChI is InChI=1S/C15H27N3O3/c1-2-3-13(19)17-12-4-8-18(9-5-12)14(20)15(16)6-10-21-11-7-15/h12H,2-11,16H2,1H3,(H,17,19). The lowest BCUT2D eigenvalue weighted by Gasteiger charge is -2.40. The molecule has 0 atom stereocenters. The summed E-state index contributed by atoms with van der Waals surface area (Å²) < 4.78 is 5.29. The molecule has 2 fully saturated rings. The molecule has 6 nitrogen and oxygen atoms in total. The van der Waals surface area contributed by atoms with Crippen molar-refractivity contribution in [3.05, 3.63) is 0 Å². The molecule has 2 saturated heterocycles. The van der Waals surface area contributed by atoms with Gasteiger partial charge in [0.2, 0.25) is 11.8 Å². The second kappa shape index (κ2) is 7.22. The third-order valence-corrected chi connectivity index (χ3v) is 4.44. The third kappa shape index (κ3) is 4.17. The van der Waals surface area contributed by atoms with Gasteiger partial charge < -0.3 is 20.7 Å². The molecule has 2 amide bonds. The quantitative estimate of drug-likeness (QED) is 0.787. The van der Waals surface area contributed by atoms with Crippen LogP contribution in [0.5, 0.6) is 0 Å². The molecule has 120 valence electrons. The van der Waals surface area contributed by atoms with Crippen molar-refractivity contribution in [3.8, 4) is 0 Å². The minimum Gasteiger partial charge on any atom is -0.381 e. The van der Waals surface area contributed by atoms with E-state index in [4.69, 9.17) is 10.5 Å². The van der Waals surface area contributed by atoms with Crippen LogP contribution >= 0.6 is 0 Å². The molecule has 0 radical (unpaired) electrons. The number of nitrogens with one attached hydrogen (secondary N) is 1. The average Bonchev–Trinajstić information content (AvgIpc) is 2.48. The molecule has 0 spiro atoms. The first-order chi connectivity index (χ1) is 10.0. The van der Waals surface area contributed by atoms with Crippen molar-refractivity contribution < 1.29 is 14.3 Å². The first-order valence-electron chi connectivity index (χ1n) is 8.00. The largest absolute Gasteiger partial charge is 0.381 e. The van der Waals surface area contributed by atoms with Crippen molar-refractivity contribution in [2.75, 3.05) is 26.3 Å². The molecule has 0 unspecified atom stereocenters. The maximum atomic E-state index is 12.6. The monoisotopic (exact) mass is 297 g/mol. The number of amides is 2. The molecule has 2 rings (SSSR count). The van der Waals surface area contributed by atoms with Gasteiger partial charge in [-0.25, -0.2) is 0 Å². The first-order valence-corrected chi connectivity index (χ1v) is 8.00. The van der Waals surface area contributed by atoms with Gasteiger partial charge in [-0.1, -0.05) is 6.92 Å². The van der Waals surface area contributed by atoms with Crippen molar-refractivity contribution in [1.82, 2.24) is 10.2 Å². The summed E-state index contributed by atoms with van der Waals surface area (Å²) in [7, 11) is 0. The number of hydrogen-bond acceptors (Lipinski definition) is 4. The van der Waals surface area contributed by atoms with Gasteiger partial charge in [0.1, 0.15) is 0 Å². The van der Waals surface area contributed by atoms with E-state index in [1.165, 1.54) is 0 Å². The fourth-order valence-corrected chi connectivity index (χ4v) is 3.02. The molecule has 0 aliphatic carbocycles. The summed E-state index contributed by atoms with van der Waals surface area (Å²) in [4.78, 5) is 26.0. The maximum absolute atomic E-state index is 12.6. The number of hydrogen-bond donors (Lipinski definition) is 2. The van der Waals surface area contributed by atoms with Crippen LogP contribution in [0.1, 0.15) is 45.4 Å². The van der Waals surface area contributed by atoms with Gasteiger partial charge in [-0.3, -0.25) is 9.59 Å². The van der Waals surface area contributed by atoms with E-state index in [1.807, 2.05) is 11.8 Å². The Labute approximate surface area is 126 Å². The normalized spacial score (nSPS) is 22.9. The van der Waals surface area contributed by atoms with Crippen molar-refractivity contribution in [1.29, 1.82) is 0 Å². The maximum Gasteiger partial charge on any atom is 0.242 e. The van der Waals surface area contributed by atoms with Crippen LogP contribution in [0.4, 0.5) is 0 Å². The SMILES string of the molecule is CCCC(=O)NC1CCN(C(=O)C2(N)CCOCC2)CC1. The van der Waals surface area contributed by atoms with Crippen LogP contribution in [-0.4, -0.2) is 54.6 Å².